The molecule has 0 N–H and O–H groups in total. The molecule has 0 saturated heterocycles. The first-order valence-electron chi connectivity index (χ1n) is 5.93. The smallest absolute Gasteiger partial charge is 0.145 e. The third kappa shape index (κ3) is 1.41. The molecule has 2 heterocycles. The minimum atomic E-state index is 0.706. The molecule has 3 rings (SSSR count). The molecule has 94 valence electrons. The molecule has 0 spiro atoms. The predicted octanol–water partition coefficient (Wildman–Crippen LogP) is 2.50. The van der Waals surface area contributed by atoms with Crippen molar-refractivity contribution in [1.29, 1.82) is 0 Å². The molecular formula is C14H15NO3. The van der Waals surface area contributed by atoms with Crippen LogP contribution in [0, 0.1) is 6.92 Å². The van der Waals surface area contributed by atoms with Crippen LogP contribution in [0.5, 0.6) is 17.2 Å². The number of hydrogen-bond acceptors (Lipinski definition) is 4. The summed E-state index contributed by atoms with van der Waals surface area (Å²) in [5.74, 6) is 2.41. The average molecular weight is 245 g/mol. The van der Waals surface area contributed by atoms with Crippen LogP contribution in [0.3, 0.4) is 0 Å². The van der Waals surface area contributed by atoms with Crippen LogP contribution >= 0.6 is 0 Å². The Kier molecular flexibility index (Phi) is 2.51. The Labute approximate surface area is 105 Å². The largest absolute Gasteiger partial charge is 0.496 e. The molecule has 0 fully saturated rings. The van der Waals surface area contributed by atoms with Crippen molar-refractivity contribution in [3.05, 3.63) is 23.4 Å². The maximum atomic E-state index is 5.76. The van der Waals surface area contributed by atoms with Crippen LogP contribution in [-0.2, 0) is 6.42 Å². The zero-order chi connectivity index (χ0) is 12.7. The van der Waals surface area contributed by atoms with Gasteiger partial charge in [-0.15, -0.1) is 0 Å². The molecule has 0 aliphatic carbocycles. The monoisotopic (exact) mass is 245 g/mol. The van der Waals surface area contributed by atoms with Gasteiger partial charge in [-0.05, 0) is 19.1 Å². The molecule has 1 aliphatic heterocycles. The van der Waals surface area contributed by atoms with Gasteiger partial charge in [0.15, 0.2) is 0 Å². The standard InChI is InChI=1S/C14H15NO3/c1-8-9-6-7-18-14(9)12-10(16-2)4-5-11(17-3)13(12)15-8/h4-5H,6-7H2,1-3H3. The van der Waals surface area contributed by atoms with Crippen LogP contribution in [0.15, 0.2) is 12.1 Å². The number of benzene rings is 1. The van der Waals surface area contributed by atoms with Crippen molar-refractivity contribution in [3.63, 3.8) is 0 Å². The third-order valence-corrected chi connectivity index (χ3v) is 3.36. The van der Waals surface area contributed by atoms with Crippen LogP contribution in [0.1, 0.15) is 11.3 Å². The molecule has 0 atom stereocenters. The molecule has 0 radical (unpaired) electrons. The fraction of sp³-hybridized carbons (Fsp3) is 0.357. The maximum absolute atomic E-state index is 5.76. The Morgan fingerprint density at radius 2 is 1.89 bits per heavy atom. The first kappa shape index (κ1) is 11.1. The van der Waals surface area contributed by atoms with E-state index in [2.05, 4.69) is 4.98 Å². The van der Waals surface area contributed by atoms with Gasteiger partial charge in [0.05, 0.1) is 26.2 Å². The number of aryl methyl sites for hydroxylation is 1. The van der Waals surface area contributed by atoms with Crippen LogP contribution in [0.25, 0.3) is 10.9 Å². The predicted molar refractivity (Wildman–Crippen MR) is 68.8 cm³/mol. The third-order valence-electron chi connectivity index (χ3n) is 3.36. The van der Waals surface area contributed by atoms with Gasteiger partial charge in [-0.2, -0.15) is 0 Å². The highest BCUT2D eigenvalue weighted by molar-refractivity contribution is 5.96. The highest BCUT2D eigenvalue weighted by Crippen LogP contribution is 2.43. The Bertz CT molecular complexity index is 622. The van der Waals surface area contributed by atoms with E-state index >= 15 is 0 Å². The lowest BCUT2D eigenvalue weighted by Crippen LogP contribution is -1.96. The molecule has 2 aromatic rings. The van der Waals surface area contributed by atoms with E-state index in [1.165, 1.54) is 5.56 Å². The fourth-order valence-electron chi connectivity index (χ4n) is 2.48. The number of fused-ring (bicyclic) bond motifs is 3. The topological polar surface area (TPSA) is 40.6 Å². The molecule has 1 aliphatic rings. The van der Waals surface area contributed by atoms with Gasteiger partial charge in [0.1, 0.15) is 22.8 Å². The van der Waals surface area contributed by atoms with Gasteiger partial charge >= 0.3 is 0 Å². The number of rotatable bonds is 2. The van der Waals surface area contributed by atoms with Gasteiger partial charge in [-0.1, -0.05) is 0 Å². The summed E-state index contributed by atoms with van der Waals surface area (Å²) < 4.78 is 16.5. The Morgan fingerprint density at radius 3 is 2.61 bits per heavy atom. The second-order valence-corrected chi connectivity index (χ2v) is 4.30. The summed E-state index contributed by atoms with van der Waals surface area (Å²) in [6, 6.07) is 3.76. The van der Waals surface area contributed by atoms with Crippen molar-refractivity contribution in [2.24, 2.45) is 0 Å². The van der Waals surface area contributed by atoms with Crippen LogP contribution in [0.4, 0.5) is 0 Å². The van der Waals surface area contributed by atoms with Gasteiger partial charge < -0.3 is 14.2 Å². The molecule has 4 heteroatoms. The van der Waals surface area contributed by atoms with Crippen LogP contribution in [-0.4, -0.2) is 25.8 Å². The van der Waals surface area contributed by atoms with Gasteiger partial charge in [0, 0.05) is 17.7 Å². The Morgan fingerprint density at radius 1 is 1.17 bits per heavy atom. The minimum absolute atomic E-state index is 0.706. The molecule has 1 aromatic carbocycles. The minimum Gasteiger partial charge on any atom is -0.496 e. The molecular weight excluding hydrogens is 230 g/mol. The maximum Gasteiger partial charge on any atom is 0.145 e. The Hall–Kier alpha value is -1.97. The molecule has 0 bridgehead atoms. The summed E-state index contributed by atoms with van der Waals surface area (Å²) in [5, 5.41) is 0.912. The second kappa shape index (κ2) is 4.05. The van der Waals surface area contributed by atoms with E-state index in [0.717, 1.165) is 40.3 Å². The van der Waals surface area contributed by atoms with Crippen molar-refractivity contribution in [2.45, 2.75) is 13.3 Å². The normalized spacial score (nSPS) is 13.3. The van der Waals surface area contributed by atoms with E-state index in [9.17, 15) is 0 Å². The van der Waals surface area contributed by atoms with Gasteiger partial charge in [-0.3, -0.25) is 0 Å². The Balaban J connectivity index is 2.45. The van der Waals surface area contributed by atoms with Gasteiger partial charge in [-0.25, -0.2) is 4.98 Å². The number of methoxy groups -OCH3 is 2. The van der Waals surface area contributed by atoms with Crippen molar-refractivity contribution in [2.75, 3.05) is 20.8 Å². The van der Waals surface area contributed by atoms with E-state index < -0.39 is 0 Å². The number of nitrogens with zero attached hydrogens (tertiary/aromatic N) is 1. The highest BCUT2D eigenvalue weighted by atomic mass is 16.5. The lowest BCUT2D eigenvalue weighted by atomic mass is 10.1. The first-order valence-corrected chi connectivity index (χ1v) is 5.93. The van der Waals surface area contributed by atoms with E-state index in [1.54, 1.807) is 14.2 Å². The summed E-state index contributed by atoms with van der Waals surface area (Å²) in [6.07, 6.45) is 0.907. The van der Waals surface area contributed by atoms with Crippen molar-refractivity contribution in [1.82, 2.24) is 4.98 Å². The number of ether oxygens (including phenoxy) is 3. The van der Waals surface area contributed by atoms with Gasteiger partial charge in [0.25, 0.3) is 0 Å². The lowest BCUT2D eigenvalue weighted by molar-refractivity contribution is 0.357. The molecule has 4 nitrogen and oxygen atoms in total. The van der Waals surface area contributed by atoms with E-state index in [1.807, 2.05) is 19.1 Å². The lowest BCUT2D eigenvalue weighted by Gasteiger charge is -2.13. The van der Waals surface area contributed by atoms with Crippen molar-refractivity contribution >= 4 is 10.9 Å². The van der Waals surface area contributed by atoms with Crippen molar-refractivity contribution < 1.29 is 14.2 Å². The average Bonchev–Trinajstić information content (AvgIpc) is 2.87. The molecule has 0 amide bonds. The SMILES string of the molecule is COc1ccc(OC)c2c3c(c(C)nc12)CCO3. The molecule has 0 unspecified atom stereocenters. The summed E-state index contributed by atoms with van der Waals surface area (Å²) in [7, 11) is 3.30. The zero-order valence-electron chi connectivity index (χ0n) is 10.7. The van der Waals surface area contributed by atoms with E-state index in [4.69, 9.17) is 14.2 Å². The number of aromatic nitrogens is 1. The second-order valence-electron chi connectivity index (χ2n) is 4.30. The first-order chi connectivity index (χ1) is 8.76. The zero-order valence-corrected chi connectivity index (χ0v) is 10.7. The fourth-order valence-corrected chi connectivity index (χ4v) is 2.48. The summed E-state index contributed by atoms with van der Waals surface area (Å²) in [5.41, 5.74) is 2.98. The molecule has 1 aromatic heterocycles. The molecule has 0 saturated carbocycles. The highest BCUT2D eigenvalue weighted by Gasteiger charge is 2.23. The molecule has 18 heavy (non-hydrogen) atoms. The van der Waals surface area contributed by atoms with Crippen LogP contribution in [0.2, 0.25) is 0 Å². The summed E-state index contributed by atoms with van der Waals surface area (Å²) in [6.45, 7) is 2.71. The van der Waals surface area contributed by atoms with E-state index in [-0.39, 0.29) is 0 Å². The van der Waals surface area contributed by atoms with Crippen LogP contribution < -0.4 is 14.2 Å². The summed E-state index contributed by atoms with van der Waals surface area (Å²) >= 11 is 0. The quantitative estimate of drug-likeness (QED) is 0.815. The van der Waals surface area contributed by atoms with E-state index in [0.29, 0.717) is 6.61 Å². The van der Waals surface area contributed by atoms with Crippen molar-refractivity contribution in [3.8, 4) is 17.2 Å². The number of pyridine rings is 1. The summed E-state index contributed by atoms with van der Waals surface area (Å²) in [4.78, 5) is 4.64. The van der Waals surface area contributed by atoms with Gasteiger partial charge in [0.2, 0.25) is 0 Å². The number of hydrogen-bond donors (Lipinski definition) is 0.